The molecular formula is C11H24N2O2. The molecule has 0 aliphatic carbocycles. The largest absolute Gasteiger partial charge is 0.383 e. The number of carbonyl (C=O) groups is 1. The van der Waals surface area contributed by atoms with Crippen LogP contribution in [0.4, 0.5) is 0 Å². The van der Waals surface area contributed by atoms with Gasteiger partial charge in [-0.15, -0.1) is 0 Å². The lowest BCUT2D eigenvalue weighted by Crippen LogP contribution is -2.36. The molecule has 1 atom stereocenters. The molecular weight excluding hydrogens is 192 g/mol. The molecule has 4 nitrogen and oxygen atoms in total. The van der Waals surface area contributed by atoms with Gasteiger partial charge in [0.05, 0.1) is 6.61 Å². The summed E-state index contributed by atoms with van der Waals surface area (Å²) in [6, 6.07) is 0.356. The number of ether oxygens (including phenoxy) is 1. The van der Waals surface area contributed by atoms with Crippen molar-refractivity contribution in [2.75, 3.05) is 26.8 Å². The predicted molar refractivity (Wildman–Crippen MR) is 61.9 cm³/mol. The molecule has 0 spiro atoms. The van der Waals surface area contributed by atoms with Crippen LogP contribution < -0.4 is 10.6 Å². The third-order valence-electron chi connectivity index (χ3n) is 2.22. The van der Waals surface area contributed by atoms with Gasteiger partial charge in [-0.25, -0.2) is 0 Å². The van der Waals surface area contributed by atoms with Gasteiger partial charge in [-0.1, -0.05) is 13.8 Å². The minimum absolute atomic E-state index is 0.122. The molecule has 0 aromatic carbocycles. The molecule has 0 saturated carbocycles. The van der Waals surface area contributed by atoms with Crippen molar-refractivity contribution < 1.29 is 9.53 Å². The van der Waals surface area contributed by atoms with Gasteiger partial charge in [0.2, 0.25) is 5.91 Å². The van der Waals surface area contributed by atoms with Gasteiger partial charge in [-0.05, 0) is 12.8 Å². The van der Waals surface area contributed by atoms with E-state index in [4.69, 9.17) is 4.74 Å². The smallest absolute Gasteiger partial charge is 0.221 e. The van der Waals surface area contributed by atoms with E-state index in [2.05, 4.69) is 17.6 Å². The molecule has 0 aromatic rings. The lowest BCUT2D eigenvalue weighted by atomic mass is 10.2. The van der Waals surface area contributed by atoms with Crippen molar-refractivity contribution in [1.29, 1.82) is 0 Å². The minimum Gasteiger partial charge on any atom is -0.383 e. The van der Waals surface area contributed by atoms with E-state index in [1.807, 2.05) is 6.92 Å². The maximum absolute atomic E-state index is 11.2. The first kappa shape index (κ1) is 14.4. The molecule has 1 unspecified atom stereocenters. The van der Waals surface area contributed by atoms with Crippen molar-refractivity contribution in [1.82, 2.24) is 10.6 Å². The Bertz CT molecular complexity index is 163. The van der Waals surface area contributed by atoms with Gasteiger partial charge in [0, 0.05) is 32.7 Å². The molecule has 2 N–H and O–H groups in total. The monoisotopic (exact) mass is 216 g/mol. The lowest BCUT2D eigenvalue weighted by molar-refractivity contribution is -0.121. The lowest BCUT2D eigenvalue weighted by Gasteiger charge is -2.15. The molecule has 0 rings (SSSR count). The molecule has 15 heavy (non-hydrogen) atoms. The summed E-state index contributed by atoms with van der Waals surface area (Å²) in [6.07, 6.45) is 2.55. The van der Waals surface area contributed by atoms with Crippen molar-refractivity contribution in [3.05, 3.63) is 0 Å². The molecule has 0 saturated heterocycles. The fraction of sp³-hybridized carbons (Fsp3) is 0.909. The number of amides is 1. The van der Waals surface area contributed by atoms with Crippen LogP contribution in [0.5, 0.6) is 0 Å². The Morgan fingerprint density at radius 1 is 1.33 bits per heavy atom. The normalized spacial score (nSPS) is 12.5. The van der Waals surface area contributed by atoms with E-state index in [1.165, 1.54) is 0 Å². The highest BCUT2D eigenvalue weighted by atomic mass is 16.5. The minimum atomic E-state index is 0.122. The molecule has 0 aliphatic heterocycles. The number of hydrogen-bond acceptors (Lipinski definition) is 3. The van der Waals surface area contributed by atoms with Gasteiger partial charge in [0.1, 0.15) is 0 Å². The van der Waals surface area contributed by atoms with Gasteiger partial charge >= 0.3 is 0 Å². The molecule has 0 heterocycles. The maximum Gasteiger partial charge on any atom is 0.221 e. The quantitative estimate of drug-likeness (QED) is 0.602. The zero-order chi connectivity index (χ0) is 11.5. The van der Waals surface area contributed by atoms with Crippen LogP contribution in [0.25, 0.3) is 0 Å². The molecule has 0 aromatic heterocycles. The second-order valence-electron chi connectivity index (χ2n) is 3.61. The van der Waals surface area contributed by atoms with E-state index in [0.29, 0.717) is 19.1 Å². The first-order valence-electron chi connectivity index (χ1n) is 5.73. The summed E-state index contributed by atoms with van der Waals surface area (Å²) in [5.74, 6) is 0.122. The first-order chi connectivity index (χ1) is 7.24. The maximum atomic E-state index is 11.2. The van der Waals surface area contributed by atoms with Gasteiger partial charge in [0.15, 0.2) is 0 Å². The molecule has 4 heteroatoms. The highest BCUT2D eigenvalue weighted by Crippen LogP contribution is 1.91. The van der Waals surface area contributed by atoms with Gasteiger partial charge in [-0.2, -0.15) is 0 Å². The molecule has 0 bridgehead atoms. The van der Waals surface area contributed by atoms with Crippen molar-refractivity contribution in [3.8, 4) is 0 Å². The zero-order valence-electron chi connectivity index (χ0n) is 10.1. The van der Waals surface area contributed by atoms with Crippen LogP contribution in [0, 0.1) is 0 Å². The second-order valence-corrected chi connectivity index (χ2v) is 3.61. The molecule has 90 valence electrons. The van der Waals surface area contributed by atoms with Crippen LogP contribution in [-0.4, -0.2) is 38.8 Å². The number of rotatable bonds is 9. The summed E-state index contributed by atoms with van der Waals surface area (Å²) in [5, 5.41) is 6.14. The van der Waals surface area contributed by atoms with Crippen LogP contribution in [0.3, 0.4) is 0 Å². The van der Waals surface area contributed by atoms with E-state index in [1.54, 1.807) is 7.11 Å². The van der Waals surface area contributed by atoms with Crippen LogP contribution in [0.2, 0.25) is 0 Å². The number of methoxy groups -OCH3 is 1. The summed E-state index contributed by atoms with van der Waals surface area (Å²) in [6.45, 7) is 6.34. The van der Waals surface area contributed by atoms with Gasteiger partial charge < -0.3 is 15.4 Å². The SMILES string of the molecule is CCCNC(=O)CCNC(CC)COC. The Morgan fingerprint density at radius 3 is 2.60 bits per heavy atom. The van der Waals surface area contributed by atoms with E-state index >= 15 is 0 Å². The summed E-state index contributed by atoms with van der Waals surface area (Å²) in [7, 11) is 1.69. The number of carbonyl (C=O) groups excluding carboxylic acids is 1. The summed E-state index contributed by atoms with van der Waals surface area (Å²) in [5.41, 5.74) is 0. The van der Waals surface area contributed by atoms with Gasteiger partial charge in [-0.3, -0.25) is 4.79 Å². The zero-order valence-corrected chi connectivity index (χ0v) is 10.1. The fourth-order valence-electron chi connectivity index (χ4n) is 1.26. The molecule has 0 fully saturated rings. The van der Waals surface area contributed by atoms with Gasteiger partial charge in [0.25, 0.3) is 0 Å². The number of hydrogen-bond donors (Lipinski definition) is 2. The highest BCUT2D eigenvalue weighted by Gasteiger charge is 2.05. The van der Waals surface area contributed by atoms with E-state index in [0.717, 1.165) is 25.9 Å². The van der Waals surface area contributed by atoms with Crippen molar-refractivity contribution in [2.24, 2.45) is 0 Å². The van der Waals surface area contributed by atoms with E-state index in [-0.39, 0.29) is 5.91 Å². The van der Waals surface area contributed by atoms with E-state index < -0.39 is 0 Å². The van der Waals surface area contributed by atoms with Crippen molar-refractivity contribution in [2.45, 2.75) is 39.2 Å². The second kappa shape index (κ2) is 9.93. The predicted octanol–water partition coefficient (Wildman–Crippen LogP) is 0.917. The first-order valence-corrected chi connectivity index (χ1v) is 5.73. The van der Waals surface area contributed by atoms with E-state index in [9.17, 15) is 4.79 Å². The van der Waals surface area contributed by atoms with Crippen molar-refractivity contribution in [3.63, 3.8) is 0 Å². The highest BCUT2D eigenvalue weighted by molar-refractivity contribution is 5.75. The Morgan fingerprint density at radius 2 is 2.07 bits per heavy atom. The van der Waals surface area contributed by atoms with Crippen LogP contribution in [0.1, 0.15) is 33.1 Å². The average Bonchev–Trinajstić information content (AvgIpc) is 2.25. The Balaban J connectivity index is 3.45. The summed E-state index contributed by atoms with van der Waals surface area (Å²) < 4.78 is 5.05. The third-order valence-corrected chi connectivity index (χ3v) is 2.22. The van der Waals surface area contributed by atoms with Crippen molar-refractivity contribution >= 4 is 5.91 Å². The van der Waals surface area contributed by atoms with Crippen LogP contribution >= 0.6 is 0 Å². The Kier molecular flexibility index (Phi) is 9.52. The average molecular weight is 216 g/mol. The Labute approximate surface area is 92.8 Å². The van der Waals surface area contributed by atoms with Crippen LogP contribution in [-0.2, 0) is 9.53 Å². The third kappa shape index (κ3) is 8.39. The molecule has 0 radical (unpaired) electrons. The molecule has 1 amide bonds. The Hall–Kier alpha value is -0.610. The molecule has 0 aliphatic rings. The summed E-state index contributed by atoms with van der Waals surface area (Å²) in [4.78, 5) is 11.2. The summed E-state index contributed by atoms with van der Waals surface area (Å²) >= 11 is 0. The topological polar surface area (TPSA) is 50.4 Å². The fourth-order valence-corrected chi connectivity index (χ4v) is 1.26. The number of nitrogens with one attached hydrogen (secondary N) is 2. The standard InChI is InChI=1S/C11H24N2O2/c1-4-7-13-11(14)6-8-12-10(5-2)9-15-3/h10,12H,4-9H2,1-3H3,(H,13,14). The van der Waals surface area contributed by atoms with Crippen LogP contribution in [0.15, 0.2) is 0 Å².